The number of nitrogens with zero attached hydrogens (tertiary/aromatic N) is 2. The number of amides is 2. The molecule has 3 fully saturated rings. The van der Waals surface area contributed by atoms with Gasteiger partial charge in [-0.25, -0.2) is 13.2 Å². The third-order valence-electron chi connectivity index (χ3n) is 4.86. The van der Waals surface area contributed by atoms with Crippen molar-refractivity contribution in [2.24, 2.45) is 0 Å². The van der Waals surface area contributed by atoms with Gasteiger partial charge < -0.3 is 10.2 Å². The molecule has 2 saturated heterocycles. The molecule has 118 valence electrons. The van der Waals surface area contributed by atoms with Crippen LogP contribution in [0.1, 0.15) is 17.9 Å². The summed E-state index contributed by atoms with van der Waals surface area (Å²) >= 11 is 0. The topological polar surface area (TPSA) is 69.7 Å². The zero-order valence-corrected chi connectivity index (χ0v) is 13.0. The molecule has 6 nitrogen and oxygen atoms in total. The van der Waals surface area contributed by atoms with Gasteiger partial charge in [-0.1, -0.05) is 30.3 Å². The molecule has 1 aromatic carbocycles. The molecule has 2 atom stereocenters. The van der Waals surface area contributed by atoms with E-state index in [-0.39, 0.29) is 23.2 Å². The smallest absolute Gasteiger partial charge is 0.317 e. The second kappa shape index (κ2) is 4.96. The lowest BCUT2D eigenvalue weighted by Gasteiger charge is -2.42. The summed E-state index contributed by atoms with van der Waals surface area (Å²) in [7, 11) is -3.23. The number of sulfonamides is 1. The van der Waals surface area contributed by atoms with Gasteiger partial charge in [0.05, 0.1) is 11.3 Å². The van der Waals surface area contributed by atoms with E-state index in [0.29, 0.717) is 32.6 Å². The Bertz CT molecular complexity index is 685. The van der Waals surface area contributed by atoms with Gasteiger partial charge in [-0.3, -0.25) is 0 Å². The van der Waals surface area contributed by atoms with Gasteiger partial charge in [0, 0.05) is 32.1 Å². The van der Waals surface area contributed by atoms with Crippen molar-refractivity contribution in [3.05, 3.63) is 35.9 Å². The van der Waals surface area contributed by atoms with Crippen LogP contribution in [0.15, 0.2) is 30.3 Å². The van der Waals surface area contributed by atoms with Gasteiger partial charge in [0.1, 0.15) is 0 Å². The molecule has 0 spiro atoms. The van der Waals surface area contributed by atoms with E-state index < -0.39 is 10.0 Å². The van der Waals surface area contributed by atoms with Gasteiger partial charge in [-0.05, 0) is 12.0 Å². The van der Waals surface area contributed by atoms with Crippen LogP contribution in [-0.2, 0) is 10.0 Å². The van der Waals surface area contributed by atoms with E-state index in [0.717, 1.165) is 5.56 Å². The van der Waals surface area contributed by atoms with Crippen LogP contribution in [0.4, 0.5) is 4.79 Å². The molecule has 2 heterocycles. The van der Waals surface area contributed by atoms with Crippen molar-refractivity contribution in [2.45, 2.75) is 23.6 Å². The quantitative estimate of drug-likeness (QED) is 0.882. The van der Waals surface area contributed by atoms with Crippen molar-refractivity contribution in [2.75, 3.05) is 26.2 Å². The van der Waals surface area contributed by atoms with E-state index in [2.05, 4.69) is 5.32 Å². The van der Waals surface area contributed by atoms with E-state index in [9.17, 15) is 13.2 Å². The third-order valence-corrected chi connectivity index (χ3v) is 7.17. The van der Waals surface area contributed by atoms with Gasteiger partial charge >= 0.3 is 6.03 Å². The average molecular weight is 321 g/mol. The van der Waals surface area contributed by atoms with Crippen LogP contribution in [0.25, 0.3) is 0 Å². The lowest BCUT2D eigenvalue weighted by Crippen LogP contribution is -2.62. The van der Waals surface area contributed by atoms with Crippen LogP contribution in [0.5, 0.6) is 0 Å². The molecule has 7 heteroatoms. The molecule has 1 aliphatic carbocycles. The van der Waals surface area contributed by atoms with E-state index >= 15 is 0 Å². The van der Waals surface area contributed by atoms with Gasteiger partial charge in [0.2, 0.25) is 10.0 Å². The highest BCUT2D eigenvalue weighted by atomic mass is 32.2. The van der Waals surface area contributed by atoms with Gasteiger partial charge in [0.25, 0.3) is 0 Å². The Balaban J connectivity index is 1.39. The number of carbonyl (C=O) groups excluding carboxylic acids is 1. The minimum atomic E-state index is -3.23. The van der Waals surface area contributed by atoms with Crippen LogP contribution < -0.4 is 5.32 Å². The highest BCUT2D eigenvalue weighted by molar-refractivity contribution is 7.90. The van der Waals surface area contributed by atoms with E-state index in [1.807, 2.05) is 30.3 Å². The first kappa shape index (κ1) is 14.0. The minimum absolute atomic E-state index is 0.0335. The first-order chi connectivity index (χ1) is 10.6. The van der Waals surface area contributed by atoms with Crippen LogP contribution in [0.3, 0.4) is 0 Å². The lowest BCUT2D eigenvalue weighted by atomic mass is 10.1. The predicted octanol–water partition coefficient (Wildman–Crippen LogP) is 0.582. The van der Waals surface area contributed by atoms with Gasteiger partial charge in [-0.15, -0.1) is 0 Å². The Labute approximate surface area is 130 Å². The molecule has 1 N–H and O–H groups in total. The molecule has 0 unspecified atom stereocenters. The number of rotatable bonds is 4. The Morgan fingerprint density at radius 2 is 1.86 bits per heavy atom. The Kier molecular flexibility index (Phi) is 3.16. The molecule has 0 aromatic heterocycles. The van der Waals surface area contributed by atoms with Gasteiger partial charge in [0.15, 0.2) is 0 Å². The summed E-state index contributed by atoms with van der Waals surface area (Å²) in [4.78, 5) is 13.3. The number of carbonyl (C=O) groups is 1. The fourth-order valence-corrected chi connectivity index (χ4v) is 5.57. The fraction of sp³-hybridized carbons (Fsp3) is 0.533. The van der Waals surface area contributed by atoms with E-state index in [1.54, 1.807) is 4.90 Å². The molecule has 2 aliphatic heterocycles. The number of nitrogens with one attached hydrogen (secondary N) is 1. The van der Waals surface area contributed by atoms with Crippen LogP contribution in [0, 0.1) is 0 Å². The zero-order chi connectivity index (χ0) is 15.3. The summed E-state index contributed by atoms with van der Waals surface area (Å²) in [5.41, 5.74) is 1.10. The number of hydrogen-bond acceptors (Lipinski definition) is 3. The summed E-state index contributed by atoms with van der Waals surface area (Å²) in [6.45, 7) is 2.20. The summed E-state index contributed by atoms with van der Waals surface area (Å²) in [5.74, 6) is 0.125. The highest BCUT2D eigenvalue weighted by Crippen LogP contribution is 2.47. The maximum atomic E-state index is 12.6. The third kappa shape index (κ3) is 2.19. The number of hydrogen-bond donors (Lipinski definition) is 1. The molecule has 0 radical (unpaired) electrons. The first-order valence-electron chi connectivity index (χ1n) is 7.66. The molecule has 4 rings (SSSR count). The largest absolute Gasteiger partial charge is 0.336 e. The monoisotopic (exact) mass is 321 g/mol. The van der Waals surface area contributed by atoms with Crippen molar-refractivity contribution in [3.8, 4) is 0 Å². The Morgan fingerprint density at radius 3 is 2.50 bits per heavy atom. The number of urea groups is 1. The summed E-state index contributed by atoms with van der Waals surface area (Å²) < 4.78 is 26.8. The molecule has 3 aliphatic rings. The molecule has 1 saturated carbocycles. The summed E-state index contributed by atoms with van der Waals surface area (Å²) in [5, 5.41) is 2.47. The van der Waals surface area contributed by atoms with Crippen LogP contribution in [-0.4, -0.2) is 61.1 Å². The van der Waals surface area contributed by atoms with Crippen molar-refractivity contribution in [1.29, 1.82) is 0 Å². The lowest BCUT2D eigenvalue weighted by molar-refractivity contribution is 0.124. The number of benzene rings is 1. The van der Waals surface area contributed by atoms with Crippen LogP contribution in [0.2, 0.25) is 0 Å². The van der Waals surface area contributed by atoms with Crippen LogP contribution >= 0.6 is 0 Å². The van der Waals surface area contributed by atoms with Crippen molar-refractivity contribution < 1.29 is 13.2 Å². The van der Waals surface area contributed by atoms with E-state index in [1.165, 1.54) is 4.31 Å². The molecular formula is C15H19N3O3S. The molecule has 22 heavy (non-hydrogen) atoms. The normalized spacial score (nSPS) is 29.3. The maximum Gasteiger partial charge on any atom is 0.317 e. The van der Waals surface area contributed by atoms with E-state index in [4.69, 9.17) is 0 Å². The highest BCUT2D eigenvalue weighted by Gasteiger charge is 2.53. The average Bonchev–Trinajstić information content (AvgIpc) is 3.17. The second-order valence-electron chi connectivity index (χ2n) is 6.23. The molecular weight excluding hydrogens is 302 g/mol. The fourth-order valence-electron chi connectivity index (χ4n) is 3.40. The Morgan fingerprint density at radius 1 is 1.14 bits per heavy atom. The standard InChI is InChI=1S/C15H19N3O3S/c19-15-16-6-7-18(15)12-9-17(10-12)22(20,21)14-8-13(14)11-4-2-1-3-5-11/h1-5,12-14H,6-10H2,(H,16,19)/t13-,14+/m0/s1. The van der Waals surface area contributed by atoms with Crippen molar-refractivity contribution in [3.63, 3.8) is 0 Å². The maximum absolute atomic E-state index is 12.6. The van der Waals surface area contributed by atoms with Crippen molar-refractivity contribution in [1.82, 2.24) is 14.5 Å². The molecule has 1 aromatic rings. The molecule has 0 bridgehead atoms. The van der Waals surface area contributed by atoms with Gasteiger partial charge in [-0.2, -0.15) is 4.31 Å². The first-order valence-corrected chi connectivity index (χ1v) is 9.16. The molecule has 2 amide bonds. The zero-order valence-electron chi connectivity index (χ0n) is 12.2. The Hall–Kier alpha value is -1.60. The SMILES string of the molecule is O=C1NCCN1C1CN(S(=O)(=O)[C@@H]2C[C@H]2c2ccccc2)C1. The predicted molar refractivity (Wildman–Crippen MR) is 82.0 cm³/mol. The minimum Gasteiger partial charge on any atom is -0.336 e. The second-order valence-corrected chi connectivity index (χ2v) is 8.38. The summed E-state index contributed by atoms with van der Waals surface area (Å²) in [6.07, 6.45) is 0.706. The van der Waals surface area contributed by atoms with Crippen molar-refractivity contribution >= 4 is 16.1 Å². The summed E-state index contributed by atoms with van der Waals surface area (Å²) in [6, 6.07) is 9.78.